The monoisotopic (exact) mass is 333 g/mol. The van der Waals surface area contributed by atoms with Crippen LogP contribution < -0.4 is 0 Å². The number of pyridine rings is 3. The van der Waals surface area contributed by atoms with Crippen LogP contribution in [0.5, 0.6) is 0 Å². The molecule has 0 bridgehead atoms. The highest BCUT2D eigenvalue weighted by atomic mass is 14.7. The SMILES string of the molecule is c1cnc2c(c1)ccc1cc(-c3ccc(-c4ccncc4)cc3)cnc12. The standard InChI is InChI=1S/C23H15N3/c1-2-19-7-8-20-14-21(15-26-23(20)22(19)25-11-1)17-5-3-16(4-6-17)18-9-12-24-13-10-18/h1-15H. The van der Waals surface area contributed by atoms with E-state index in [-0.39, 0.29) is 0 Å². The van der Waals surface area contributed by atoms with Crippen molar-refractivity contribution in [2.75, 3.05) is 0 Å². The zero-order chi connectivity index (χ0) is 17.3. The predicted molar refractivity (Wildman–Crippen MR) is 106 cm³/mol. The van der Waals surface area contributed by atoms with Gasteiger partial charge >= 0.3 is 0 Å². The minimum atomic E-state index is 0.945. The molecule has 2 aromatic carbocycles. The lowest BCUT2D eigenvalue weighted by Crippen LogP contribution is -1.87. The van der Waals surface area contributed by atoms with Crippen LogP contribution in [0.1, 0.15) is 0 Å². The zero-order valence-corrected chi connectivity index (χ0v) is 14.0. The van der Waals surface area contributed by atoms with E-state index in [2.05, 4.69) is 58.5 Å². The Balaban J connectivity index is 1.57. The molecule has 0 saturated carbocycles. The molecular formula is C23H15N3. The number of rotatable bonds is 2. The first kappa shape index (κ1) is 14.7. The van der Waals surface area contributed by atoms with Gasteiger partial charge in [0.1, 0.15) is 0 Å². The first-order valence-corrected chi connectivity index (χ1v) is 8.53. The average molecular weight is 333 g/mol. The fourth-order valence-corrected chi connectivity index (χ4v) is 3.29. The molecule has 0 saturated heterocycles. The number of hydrogen-bond donors (Lipinski definition) is 0. The minimum Gasteiger partial charge on any atom is -0.265 e. The topological polar surface area (TPSA) is 38.7 Å². The van der Waals surface area contributed by atoms with E-state index in [0.29, 0.717) is 0 Å². The molecule has 122 valence electrons. The van der Waals surface area contributed by atoms with E-state index in [1.807, 2.05) is 43.0 Å². The first-order valence-electron chi connectivity index (χ1n) is 8.53. The third kappa shape index (κ3) is 2.50. The van der Waals surface area contributed by atoms with Crippen LogP contribution in [0.15, 0.2) is 91.5 Å². The molecule has 0 amide bonds. The van der Waals surface area contributed by atoms with Crippen molar-refractivity contribution >= 4 is 21.8 Å². The molecule has 26 heavy (non-hydrogen) atoms. The van der Waals surface area contributed by atoms with Gasteiger partial charge in [-0.15, -0.1) is 0 Å². The summed E-state index contributed by atoms with van der Waals surface area (Å²) in [6, 6.07) is 23.0. The molecule has 3 aromatic heterocycles. The molecule has 3 heterocycles. The van der Waals surface area contributed by atoms with Gasteiger partial charge < -0.3 is 0 Å². The average Bonchev–Trinajstić information content (AvgIpc) is 2.74. The second-order valence-corrected chi connectivity index (χ2v) is 6.25. The third-order valence-corrected chi connectivity index (χ3v) is 4.65. The molecule has 0 aliphatic carbocycles. The molecule has 0 atom stereocenters. The fourth-order valence-electron chi connectivity index (χ4n) is 3.29. The summed E-state index contributed by atoms with van der Waals surface area (Å²) in [5.74, 6) is 0. The van der Waals surface area contributed by atoms with Crippen LogP contribution in [0, 0.1) is 0 Å². The Kier molecular flexibility index (Phi) is 3.42. The molecule has 0 aliphatic heterocycles. The van der Waals surface area contributed by atoms with Crippen molar-refractivity contribution in [3.63, 3.8) is 0 Å². The van der Waals surface area contributed by atoms with Crippen molar-refractivity contribution in [1.29, 1.82) is 0 Å². The molecule has 3 heteroatoms. The maximum absolute atomic E-state index is 4.70. The lowest BCUT2D eigenvalue weighted by molar-refractivity contribution is 1.33. The number of nitrogens with zero attached hydrogens (tertiary/aromatic N) is 3. The lowest BCUT2D eigenvalue weighted by Gasteiger charge is -2.07. The van der Waals surface area contributed by atoms with Gasteiger partial charge in [0, 0.05) is 41.1 Å². The van der Waals surface area contributed by atoms with Crippen molar-refractivity contribution in [3.05, 3.63) is 91.5 Å². The van der Waals surface area contributed by atoms with Crippen LogP contribution in [0.25, 0.3) is 44.1 Å². The van der Waals surface area contributed by atoms with Crippen molar-refractivity contribution in [2.24, 2.45) is 0 Å². The summed E-state index contributed by atoms with van der Waals surface area (Å²) in [7, 11) is 0. The summed E-state index contributed by atoms with van der Waals surface area (Å²) in [6.45, 7) is 0. The Morgan fingerprint density at radius 1 is 0.500 bits per heavy atom. The number of aromatic nitrogens is 3. The molecular weight excluding hydrogens is 318 g/mol. The highest BCUT2D eigenvalue weighted by Crippen LogP contribution is 2.28. The Morgan fingerprint density at radius 3 is 1.96 bits per heavy atom. The molecule has 0 aliphatic rings. The summed E-state index contributed by atoms with van der Waals surface area (Å²) < 4.78 is 0. The van der Waals surface area contributed by atoms with E-state index < -0.39 is 0 Å². The van der Waals surface area contributed by atoms with Crippen LogP contribution >= 0.6 is 0 Å². The maximum Gasteiger partial charge on any atom is 0.0964 e. The van der Waals surface area contributed by atoms with E-state index in [4.69, 9.17) is 4.98 Å². The number of benzene rings is 2. The van der Waals surface area contributed by atoms with Gasteiger partial charge in [-0.25, -0.2) is 0 Å². The van der Waals surface area contributed by atoms with Gasteiger partial charge in [0.25, 0.3) is 0 Å². The van der Waals surface area contributed by atoms with Gasteiger partial charge in [-0.1, -0.05) is 42.5 Å². The van der Waals surface area contributed by atoms with Crippen LogP contribution in [0.4, 0.5) is 0 Å². The van der Waals surface area contributed by atoms with Crippen molar-refractivity contribution in [3.8, 4) is 22.3 Å². The van der Waals surface area contributed by atoms with Crippen molar-refractivity contribution in [1.82, 2.24) is 15.0 Å². The molecule has 0 radical (unpaired) electrons. The van der Waals surface area contributed by atoms with Crippen molar-refractivity contribution < 1.29 is 0 Å². The summed E-state index contributed by atoms with van der Waals surface area (Å²) in [6.07, 6.45) is 7.37. The van der Waals surface area contributed by atoms with Crippen LogP contribution in [0.2, 0.25) is 0 Å². The molecule has 0 fully saturated rings. The Bertz CT molecular complexity index is 1210. The van der Waals surface area contributed by atoms with E-state index in [1.54, 1.807) is 0 Å². The highest BCUT2D eigenvalue weighted by molar-refractivity contribution is 6.03. The lowest BCUT2D eigenvalue weighted by atomic mass is 10.0. The van der Waals surface area contributed by atoms with Crippen molar-refractivity contribution in [2.45, 2.75) is 0 Å². The maximum atomic E-state index is 4.70. The number of fused-ring (bicyclic) bond motifs is 3. The van der Waals surface area contributed by atoms with E-state index in [0.717, 1.165) is 32.9 Å². The molecule has 0 N–H and O–H groups in total. The summed E-state index contributed by atoms with van der Waals surface area (Å²) in [5.41, 5.74) is 6.50. The van der Waals surface area contributed by atoms with Crippen LogP contribution in [-0.2, 0) is 0 Å². The minimum absolute atomic E-state index is 0.945. The van der Waals surface area contributed by atoms with E-state index >= 15 is 0 Å². The Morgan fingerprint density at radius 2 is 1.15 bits per heavy atom. The zero-order valence-electron chi connectivity index (χ0n) is 14.0. The van der Waals surface area contributed by atoms with Gasteiger partial charge in [-0.3, -0.25) is 15.0 Å². The molecule has 0 unspecified atom stereocenters. The number of hydrogen-bond acceptors (Lipinski definition) is 3. The second kappa shape index (κ2) is 6.05. The van der Waals surface area contributed by atoms with Gasteiger partial charge in [0.05, 0.1) is 11.0 Å². The highest BCUT2D eigenvalue weighted by Gasteiger charge is 2.06. The molecule has 3 nitrogen and oxygen atoms in total. The molecule has 5 rings (SSSR count). The van der Waals surface area contributed by atoms with Gasteiger partial charge in [-0.2, -0.15) is 0 Å². The molecule has 5 aromatic rings. The largest absolute Gasteiger partial charge is 0.265 e. The van der Waals surface area contributed by atoms with Gasteiger partial charge in [0.2, 0.25) is 0 Å². The van der Waals surface area contributed by atoms with Gasteiger partial charge in [0.15, 0.2) is 0 Å². The van der Waals surface area contributed by atoms with E-state index in [1.165, 1.54) is 11.1 Å². The predicted octanol–water partition coefficient (Wildman–Crippen LogP) is 5.51. The quantitative estimate of drug-likeness (QED) is 0.400. The van der Waals surface area contributed by atoms with E-state index in [9.17, 15) is 0 Å². The summed E-state index contributed by atoms with van der Waals surface area (Å²) in [4.78, 5) is 13.3. The normalized spacial score (nSPS) is 11.1. The fraction of sp³-hybridized carbons (Fsp3) is 0. The third-order valence-electron chi connectivity index (χ3n) is 4.65. The van der Waals surface area contributed by atoms with Crippen LogP contribution in [-0.4, -0.2) is 15.0 Å². The second-order valence-electron chi connectivity index (χ2n) is 6.25. The molecule has 0 spiro atoms. The first-order chi connectivity index (χ1) is 12.9. The Hall–Kier alpha value is -3.59. The summed E-state index contributed by atoms with van der Waals surface area (Å²) >= 11 is 0. The van der Waals surface area contributed by atoms with Crippen LogP contribution in [0.3, 0.4) is 0 Å². The Labute approximate surface area is 151 Å². The smallest absolute Gasteiger partial charge is 0.0964 e. The summed E-state index contributed by atoms with van der Waals surface area (Å²) in [5, 5.41) is 2.22. The van der Waals surface area contributed by atoms with Gasteiger partial charge in [-0.05, 0) is 41.0 Å².